The number of benzene rings is 1. The van der Waals surface area contributed by atoms with Crippen LogP contribution in [0, 0.1) is 12.7 Å². The molecule has 1 fully saturated rings. The third-order valence-electron chi connectivity index (χ3n) is 4.66. The number of hydrogen-bond acceptors (Lipinski definition) is 2. The summed E-state index contributed by atoms with van der Waals surface area (Å²) >= 11 is 0. The van der Waals surface area contributed by atoms with Crippen LogP contribution in [0.15, 0.2) is 37.1 Å². The molecule has 2 aromatic rings. The van der Waals surface area contributed by atoms with Crippen molar-refractivity contribution in [1.82, 2.24) is 14.7 Å². The molecule has 1 aliphatic rings. The highest BCUT2D eigenvalue weighted by molar-refractivity contribution is 5.87. The van der Waals surface area contributed by atoms with E-state index >= 15 is 0 Å². The van der Waals surface area contributed by atoms with E-state index in [9.17, 15) is 9.18 Å². The van der Waals surface area contributed by atoms with Crippen LogP contribution < -0.4 is 0 Å². The first-order valence-electron chi connectivity index (χ1n) is 8.16. The molecule has 1 aliphatic carbocycles. The molecule has 0 aliphatic heterocycles. The van der Waals surface area contributed by atoms with E-state index in [1.54, 1.807) is 15.8 Å². The van der Waals surface area contributed by atoms with Gasteiger partial charge in [-0.2, -0.15) is 5.10 Å². The lowest BCUT2D eigenvalue weighted by molar-refractivity contribution is -0.127. The number of rotatable bonds is 6. The van der Waals surface area contributed by atoms with Crippen molar-refractivity contribution in [3.05, 3.63) is 65.3 Å². The molecule has 1 amide bonds. The Morgan fingerprint density at radius 2 is 2.12 bits per heavy atom. The van der Waals surface area contributed by atoms with E-state index in [1.807, 2.05) is 26.1 Å². The van der Waals surface area contributed by atoms with Gasteiger partial charge in [0.25, 0.3) is 0 Å². The second-order valence-electron chi connectivity index (χ2n) is 6.40. The van der Waals surface area contributed by atoms with Crippen LogP contribution in [0.25, 0.3) is 0 Å². The van der Waals surface area contributed by atoms with Gasteiger partial charge >= 0.3 is 0 Å². The van der Waals surface area contributed by atoms with Crippen LogP contribution in [0.2, 0.25) is 0 Å². The van der Waals surface area contributed by atoms with Crippen molar-refractivity contribution < 1.29 is 9.18 Å². The maximum Gasteiger partial charge on any atom is 0.246 e. The monoisotopic (exact) mass is 327 g/mol. The quantitative estimate of drug-likeness (QED) is 0.762. The summed E-state index contributed by atoms with van der Waals surface area (Å²) in [6.45, 7) is 6.13. The third-order valence-corrected chi connectivity index (χ3v) is 4.66. The van der Waals surface area contributed by atoms with E-state index < -0.39 is 0 Å². The fourth-order valence-electron chi connectivity index (χ4n) is 2.84. The standard InChI is InChI=1S/C19H22FN3O/c1-4-19(24)23(12-17-10-21-22(3)13(17)2)11-16-9-15(14-5-6-14)7-8-18(16)20/h4,7-10,14H,1,5-6,11-12H2,2-3H3. The maximum absolute atomic E-state index is 14.2. The van der Waals surface area contributed by atoms with Crippen LogP contribution in [0.3, 0.4) is 0 Å². The highest BCUT2D eigenvalue weighted by atomic mass is 19.1. The molecule has 0 N–H and O–H groups in total. The van der Waals surface area contributed by atoms with Crippen LogP contribution in [0.1, 0.15) is 41.1 Å². The second-order valence-corrected chi connectivity index (χ2v) is 6.40. The summed E-state index contributed by atoms with van der Waals surface area (Å²) in [5, 5.41) is 4.20. The van der Waals surface area contributed by atoms with E-state index in [2.05, 4.69) is 11.7 Å². The van der Waals surface area contributed by atoms with Gasteiger partial charge in [-0.05, 0) is 43.4 Å². The molecule has 1 saturated carbocycles. The third kappa shape index (κ3) is 3.40. The van der Waals surface area contributed by atoms with Crippen molar-refractivity contribution in [1.29, 1.82) is 0 Å². The van der Waals surface area contributed by atoms with Gasteiger partial charge in [0, 0.05) is 37.0 Å². The maximum atomic E-state index is 14.2. The summed E-state index contributed by atoms with van der Waals surface area (Å²) in [4.78, 5) is 13.8. The van der Waals surface area contributed by atoms with Crippen molar-refractivity contribution in [2.24, 2.45) is 7.05 Å². The first kappa shape index (κ1) is 16.4. The summed E-state index contributed by atoms with van der Waals surface area (Å²) in [6, 6.07) is 5.25. The van der Waals surface area contributed by atoms with Crippen molar-refractivity contribution in [3.63, 3.8) is 0 Å². The van der Waals surface area contributed by atoms with Crippen LogP contribution in [0.4, 0.5) is 4.39 Å². The zero-order valence-electron chi connectivity index (χ0n) is 14.1. The molecule has 1 heterocycles. The van der Waals surface area contributed by atoms with Gasteiger partial charge in [-0.3, -0.25) is 9.48 Å². The number of carbonyl (C=O) groups is 1. The normalized spacial score (nSPS) is 13.8. The SMILES string of the molecule is C=CC(=O)N(Cc1cc(C2CC2)ccc1F)Cc1cnn(C)c1C. The van der Waals surface area contributed by atoms with E-state index in [-0.39, 0.29) is 18.3 Å². The summed E-state index contributed by atoms with van der Waals surface area (Å²) in [5.41, 5.74) is 3.65. The van der Waals surface area contributed by atoms with Gasteiger partial charge in [0.2, 0.25) is 5.91 Å². The summed E-state index contributed by atoms with van der Waals surface area (Å²) in [6.07, 6.45) is 5.34. The minimum Gasteiger partial charge on any atom is -0.330 e. The molecule has 0 bridgehead atoms. The van der Waals surface area contributed by atoms with Crippen LogP contribution in [-0.4, -0.2) is 20.6 Å². The lowest BCUT2D eigenvalue weighted by atomic mass is 10.1. The van der Waals surface area contributed by atoms with Crippen molar-refractivity contribution >= 4 is 5.91 Å². The summed E-state index contributed by atoms with van der Waals surface area (Å²) in [5.74, 6) is 0.0622. The molecule has 1 aromatic carbocycles. The van der Waals surface area contributed by atoms with Gasteiger partial charge < -0.3 is 4.90 Å². The number of hydrogen-bond donors (Lipinski definition) is 0. The molecule has 24 heavy (non-hydrogen) atoms. The first-order valence-corrected chi connectivity index (χ1v) is 8.16. The van der Waals surface area contributed by atoms with Crippen LogP contribution in [-0.2, 0) is 24.9 Å². The van der Waals surface area contributed by atoms with Crippen LogP contribution >= 0.6 is 0 Å². The zero-order chi connectivity index (χ0) is 17.3. The molecule has 0 unspecified atom stereocenters. The van der Waals surface area contributed by atoms with Gasteiger partial charge in [0.15, 0.2) is 0 Å². The second kappa shape index (κ2) is 6.59. The van der Waals surface area contributed by atoms with E-state index in [1.165, 1.54) is 12.1 Å². The smallest absolute Gasteiger partial charge is 0.246 e. The molecule has 3 rings (SSSR count). The Hall–Kier alpha value is -2.43. The Kier molecular flexibility index (Phi) is 4.51. The highest BCUT2D eigenvalue weighted by Crippen LogP contribution is 2.40. The lowest BCUT2D eigenvalue weighted by Gasteiger charge is -2.22. The molecule has 1 aromatic heterocycles. The molecule has 5 heteroatoms. The van der Waals surface area contributed by atoms with Gasteiger partial charge in [-0.25, -0.2) is 4.39 Å². The number of nitrogens with zero attached hydrogens (tertiary/aromatic N) is 3. The average Bonchev–Trinajstić information content (AvgIpc) is 3.38. The van der Waals surface area contributed by atoms with Crippen molar-refractivity contribution in [2.75, 3.05) is 0 Å². The summed E-state index contributed by atoms with van der Waals surface area (Å²) < 4.78 is 16.0. The average molecular weight is 327 g/mol. The fourth-order valence-corrected chi connectivity index (χ4v) is 2.84. The zero-order valence-corrected chi connectivity index (χ0v) is 14.1. The molecular weight excluding hydrogens is 305 g/mol. The molecule has 0 radical (unpaired) electrons. The predicted molar refractivity (Wildman–Crippen MR) is 90.8 cm³/mol. The Balaban J connectivity index is 1.84. The highest BCUT2D eigenvalue weighted by Gasteiger charge is 2.25. The van der Waals surface area contributed by atoms with E-state index in [0.29, 0.717) is 18.0 Å². The van der Waals surface area contributed by atoms with Gasteiger partial charge in [0.05, 0.1) is 6.20 Å². The lowest BCUT2D eigenvalue weighted by Crippen LogP contribution is -2.29. The molecular formula is C19H22FN3O. The number of halogens is 1. The molecule has 0 atom stereocenters. The van der Waals surface area contributed by atoms with Crippen molar-refractivity contribution in [2.45, 2.75) is 38.8 Å². The number of aromatic nitrogens is 2. The molecule has 0 saturated heterocycles. The van der Waals surface area contributed by atoms with E-state index in [4.69, 9.17) is 0 Å². The minimum absolute atomic E-state index is 0.213. The predicted octanol–water partition coefficient (Wildman–Crippen LogP) is 3.46. The largest absolute Gasteiger partial charge is 0.330 e. The number of carbonyl (C=O) groups excluding carboxylic acids is 1. The molecule has 4 nitrogen and oxygen atoms in total. The number of amides is 1. The topological polar surface area (TPSA) is 38.1 Å². The van der Waals surface area contributed by atoms with E-state index in [0.717, 1.165) is 29.7 Å². The summed E-state index contributed by atoms with van der Waals surface area (Å²) in [7, 11) is 1.86. The van der Waals surface area contributed by atoms with Crippen LogP contribution in [0.5, 0.6) is 0 Å². The van der Waals surface area contributed by atoms with Crippen molar-refractivity contribution in [3.8, 4) is 0 Å². The molecule has 0 spiro atoms. The Bertz CT molecular complexity index is 777. The number of aryl methyl sites for hydroxylation is 1. The van der Waals surface area contributed by atoms with Gasteiger partial charge in [-0.15, -0.1) is 0 Å². The Morgan fingerprint density at radius 3 is 2.71 bits per heavy atom. The van der Waals surface area contributed by atoms with Gasteiger partial charge in [-0.1, -0.05) is 18.7 Å². The van der Waals surface area contributed by atoms with Gasteiger partial charge in [0.1, 0.15) is 5.82 Å². The first-order chi connectivity index (χ1) is 11.5. The Labute approximate surface area is 141 Å². The fraction of sp³-hybridized carbons (Fsp3) is 0.368. The minimum atomic E-state index is -0.274. The molecule has 126 valence electrons. The Morgan fingerprint density at radius 1 is 1.42 bits per heavy atom.